The number of carbonyl (C=O) groups excluding carboxylic acids is 1. The van der Waals surface area contributed by atoms with Gasteiger partial charge < -0.3 is 5.32 Å². The molecule has 136 valence electrons. The molecule has 1 heterocycles. The number of rotatable bonds is 6. The molecule has 1 fully saturated rings. The molecule has 1 N–H and O–H groups in total. The lowest BCUT2D eigenvalue weighted by molar-refractivity contribution is -0.121. The van der Waals surface area contributed by atoms with E-state index in [0.717, 1.165) is 37.7 Å². The first-order valence-corrected chi connectivity index (χ1v) is 9.70. The van der Waals surface area contributed by atoms with Gasteiger partial charge in [0, 0.05) is 0 Å². The summed E-state index contributed by atoms with van der Waals surface area (Å²) in [4.78, 5) is 12.6. The summed E-state index contributed by atoms with van der Waals surface area (Å²) in [5, 5.41) is 24.5. The molecule has 1 saturated carbocycles. The van der Waals surface area contributed by atoms with Crippen molar-refractivity contribution in [2.45, 2.75) is 61.5 Å². The Bertz CT molecular complexity index is 778. The molecule has 1 aliphatic carbocycles. The number of nitriles is 1. The molecule has 0 bridgehead atoms. The Morgan fingerprint density at radius 3 is 2.77 bits per heavy atom. The summed E-state index contributed by atoms with van der Waals surface area (Å²) >= 11 is 1.31. The van der Waals surface area contributed by atoms with Crippen LogP contribution >= 0.6 is 11.8 Å². The number of thioether (sulfide) groups is 1. The molecular weight excluding hydrogens is 348 g/mol. The highest BCUT2D eigenvalue weighted by Gasteiger charge is 2.35. The second kappa shape index (κ2) is 8.32. The van der Waals surface area contributed by atoms with Crippen LogP contribution in [0.15, 0.2) is 35.5 Å². The number of benzene rings is 1. The fourth-order valence-corrected chi connectivity index (χ4v) is 3.89. The Balaban J connectivity index is 1.63. The maximum atomic E-state index is 12.6. The summed E-state index contributed by atoms with van der Waals surface area (Å²) < 4.78 is 1.68. The van der Waals surface area contributed by atoms with Crippen molar-refractivity contribution >= 4 is 17.7 Å². The third kappa shape index (κ3) is 4.41. The van der Waals surface area contributed by atoms with Crippen LogP contribution in [0.4, 0.5) is 0 Å². The van der Waals surface area contributed by atoms with Gasteiger partial charge in [0.1, 0.15) is 5.54 Å². The molecule has 1 aromatic carbocycles. The summed E-state index contributed by atoms with van der Waals surface area (Å²) in [5.74, 6) is -0.146. The highest BCUT2D eigenvalue weighted by molar-refractivity contribution is 8.00. The number of hydrogen-bond donors (Lipinski definition) is 1. The van der Waals surface area contributed by atoms with E-state index in [1.807, 2.05) is 37.3 Å². The molecule has 0 spiro atoms. The molecule has 8 heteroatoms. The van der Waals surface area contributed by atoms with Crippen LogP contribution in [0.1, 0.15) is 44.6 Å². The number of hydrogen-bond acceptors (Lipinski definition) is 6. The summed E-state index contributed by atoms with van der Waals surface area (Å²) in [6, 6.07) is 12.2. The minimum absolute atomic E-state index is 0.146. The fraction of sp³-hybridized carbons (Fsp3) is 0.500. The molecule has 0 aliphatic heterocycles. The fourth-order valence-electron chi connectivity index (χ4n) is 3.11. The summed E-state index contributed by atoms with van der Waals surface area (Å²) in [5.41, 5.74) is 0.365. The van der Waals surface area contributed by atoms with E-state index >= 15 is 0 Å². The molecule has 7 nitrogen and oxygen atoms in total. The Labute approximate surface area is 157 Å². The van der Waals surface area contributed by atoms with Crippen molar-refractivity contribution in [3.63, 3.8) is 0 Å². The minimum atomic E-state index is -0.722. The molecule has 1 aliphatic rings. The first kappa shape index (κ1) is 18.4. The monoisotopic (exact) mass is 370 g/mol. The third-order valence-electron chi connectivity index (χ3n) is 4.61. The van der Waals surface area contributed by atoms with Crippen LogP contribution in [-0.2, 0) is 11.3 Å². The largest absolute Gasteiger partial charge is 0.337 e. The second-order valence-electron chi connectivity index (χ2n) is 6.61. The van der Waals surface area contributed by atoms with Gasteiger partial charge in [-0.2, -0.15) is 5.26 Å². The predicted molar refractivity (Wildman–Crippen MR) is 98.3 cm³/mol. The molecule has 1 atom stereocenters. The average molecular weight is 370 g/mol. The van der Waals surface area contributed by atoms with Gasteiger partial charge in [0.25, 0.3) is 0 Å². The summed E-state index contributed by atoms with van der Waals surface area (Å²) in [6.45, 7) is 2.36. The zero-order valence-corrected chi connectivity index (χ0v) is 15.6. The third-order valence-corrected chi connectivity index (χ3v) is 5.68. The smallest absolute Gasteiger partial charge is 0.234 e. The molecule has 2 aromatic rings. The van der Waals surface area contributed by atoms with Gasteiger partial charge in [0.2, 0.25) is 11.1 Å². The van der Waals surface area contributed by atoms with Crippen LogP contribution in [0.5, 0.6) is 0 Å². The lowest BCUT2D eigenvalue weighted by atomic mass is 9.83. The van der Waals surface area contributed by atoms with Crippen molar-refractivity contribution in [1.82, 2.24) is 25.5 Å². The van der Waals surface area contributed by atoms with Crippen molar-refractivity contribution in [2.24, 2.45) is 0 Å². The standard InChI is InChI=1S/C18H22N6OS/c1-14(16(25)20-18(13-19)10-6-3-7-11-18)26-17-21-22-23-24(17)12-15-8-4-2-5-9-15/h2,4-5,8-9,14H,3,6-7,10-12H2,1H3,(H,20,25)/t14-/m1/s1. The van der Waals surface area contributed by atoms with Gasteiger partial charge in [-0.05, 0) is 35.8 Å². The van der Waals surface area contributed by atoms with Gasteiger partial charge in [-0.1, -0.05) is 61.4 Å². The van der Waals surface area contributed by atoms with Crippen molar-refractivity contribution in [1.29, 1.82) is 5.26 Å². The number of amides is 1. The Kier molecular flexibility index (Phi) is 5.89. The van der Waals surface area contributed by atoms with Crippen LogP contribution < -0.4 is 5.32 Å². The molecule has 0 radical (unpaired) electrons. The van der Waals surface area contributed by atoms with Gasteiger partial charge in [-0.15, -0.1) is 5.10 Å². The van der Waals surface area contributed by atoms with E-state index in [9.17, 15) is 10.1 Å². The molecule has 3 rings (SSSR count). The van der Waals surface area contributed by atoms with Gasteiger partial charge in [0.15, 0.2) is 0 Å². The quantitative estimate of drug-likeness (QED) is 0.785. The van der Waals surface area contributed by atoms with E-state index in [2.05, 4.69) is 26.9 Å². The Morgan fingerprint density at radius 1 is 1.35 bits per heavy atom. The van der Waals surface area contributed by atoms with Crippen LogP contribution in [0.3, 0.4) is 0 Å². The Morgan fingerprint density at radius 2 is 2.08 bits per heavy atom. The summed E-state index contributed by atoms with van der Waals surface area (Å²) in [7, 11) is 0. The van der Waals surface area contributed by atoms with Crippen molar-refractivity contribution in [3.8, 4) is 6.07 Å². The van der Waals surface area contributed by atoms with Gasteiger partial charge in [0.05, 0.1) is 17.9 Å². The normalized spacial score (nSPS) is 17.2. The number of nitrogens with one attached hydrogen (secondary N) is 1. The van der Waals surface area contributed by atoms with Crippen molar-refractivity contribution in [2.75, 3.05) is 0 Å². The maximum absolute atomic E-state index is 12.6. The average Bonchev–Trinajstić information content (AvgIpc) is 3.10. The van der Waals surface area contributed by atoms with Gasteiger partial charge in [-0.25, -0.2) is 4.68 Å². The molecule has 26 heavy (non-hydrogen) atoms. The molecule has 1 amide bonds. The van der Waals surface area contributed by atoms with E-state index < -0.39 is 5.54 Å². The van der Waals surface area contributed by atoms with E-state index in [-0.39, 0.29) is 11.2 Å². The molecule has 1 aromatic heterocycles. The van der Waals surface area contributed by atoms with E-state index in [1.165, 1.54) is 11.8 Å². The SMILES string of the molecule is C[C@@H](Sc1nnnn1Cc1ccccc1)C(=O)NC1(C#N)CCCCC1. The molecule has 0 unspecified atom stereocenters. The maximum Gasteiger partial charge on any atom is 0.234 e. The topological polar surface area (TPSA) is 96.5 Å². The van der Waals surface area contributed by atoms with E-state index in [0.29, 0.717) is 11.7 Å². The number of carbonyl (C=O) groups is 1. The molecule has 0 saturated heterocycles. The van der Waals surface area contributed by atoms with Crippen LogP contribution in [0, 0.1) is 11.3 Å². The first-order chi connectivity index (χ1) is 12.6. The summed E-state index contributed by atoms with van der Waals surface area (Å²) in [6.07, 6.45) is 4.52. The van der Waals surface area contributed by atoms with Crippen LogP contribution in [-0.4, -0.2) is 36.9 Å². The highest BCUT2D eigenvalue weighted by Crippen LogP contribution is 2.29. The van der Waals surface area contributed by atoms with Gasteiger partial charge >= 0.3 is 0 Å². The second-order valence-corrected chi connectivity index (χ2v) is 7.92. The minimum Gasteiger partial charge on any atom is -0.337 e. The van der Waals surface area contributed by atoms with Crippen LogP contribution in [0.2, 0.25) is 0 Å². The van der Waals surface area contributed by atoms with Crippen molar-refractivity contribution in [3.05, 3.63) is 35.9 Å². The lowest BCUT2D eigenvalue weighted by Gasteiger charge is -2.32. The molecular formula is C18H22N6OS. The predicted octanol–water partition coefficient (Wildman–Crippen LogP) is 2.54. The zero-order valence-electron chi connectivity index (χ0n) is 14.8. The van der Waals surface area contributed by atoms with E-state index in [4.69, 9.17) is 0 Å². The Hall–Kier alpha value is -2.40. The van der Waals surface area contributed by atoms with E-state index in [1.54, 1.807) is 4.68 Å². The highest BCUT2D eigenvalue weighted by atomic mass is 32.2. The number of nitrogens with zero attached hydrogens (tertiary/aromatic N) is 5. The number of tetrazole rings is 1. The van der Waals surface area contributed by atoms with Crippen molar-refractivity contribution < 1.29 is 4.79 Å². The van der Waals surface area contributed by atoms with Crippen LogP contribution in [0.25, 0.3) is 0 Å². The lowest BCUT2D eigenvalue weighted by Crippen LogP contribution is -2.51. The number of aromatic nitrogens is 4. The first-order valence-electron chi connectivity index (χ1n) is 8.82. The zero-order chi connectivity index (χ0) is 18.4. The van der Waals surface area contributed by atoms with Gasteiger partial charge in [-0.3, -0.25) is 4.79 Å².